The fourth-order valence-corrected chi connectivity index (χ4v) is 4.41. The summed E-state index contributed by atoms with van der Waals surface area (Å²) in [6.45, 7) is 1.92. The van der Waals surface area contributed by atoms with Gasteiger partial charge >= 0.3 is 0 Å². The minimum absolute atomic E-state index is 0.0278. The minimum atomic E-state index is -3.76. The van der Waals surface area contributed by atoms with Crippen molar-refractivity contribution in [2.75, 3.05) is 4.72 Å². The molecule has 6 nitrogen and oxygen atoms in total. The maximum atomic E-state index is 12.3. The molecule has 2 rings (SSSR count). The van der Waals surface area contributed by atoms with E-state index in [-0.39, 0.29) is 9.63 Å². The molecule has 0 radical (unpaired) electrons. The number of benzene rings is 1. The van der Waals surface area contributed by atoms with Crippen molar-refractivity contribution in [2.45, 2.75) is 11.9 Å². The highest BCUT2D eigenvalue weighted by Gasteiger charge is 2.24. The van der Waals surface area contributed by atoms with Gasteiger partial charge in [0, 0.05) is 11.5 Å². The second-order valence-electron chi connectivity index (χ2n) is 3.90. The SMILES string of the molecule is Cc1ccc(NS(=O)(=O)c2c(Br)nnn2C)c(Br)c1. The van der Waals surface area contributed by atoms with Gasteiger partial charge in [-0.1, -0.05) is 11.3 Å². The Morgan fingerprint density at radius 2 is 2.00 bits per heavy atom. The zero-order valence-electron chi connectivity index (χ0n) is 10.1. The van der Waals surface area contributed by atoms with Crippen LogP contribution in [0.3, 0.4) is 0 Å². The molecule has 0 aliphatic carbocycles. The van der Waals surface area contributed by atoms with Crippen LogP contribution in [0, 0.1) is 6.92 Å². The number of rotatable bonds is 3. The van der Waals surface area contributed by atoms with Gasteiger partial charge in [-0.3, -0.25) is 4.72 Å². The van der Waals surface area contributed by atoms with Crippen LogP contribution in [0.5, 0.6) is 0 Å². The topological polar surface area (TPSA) is 76.9 Å². The molecular weight excluding hydrogens is 400 g/mol. The summed E-state index contributed by atoms with van der Waals surface area (Å²) in [7, 11) is -2.25. The van der Waals surface area contributed by atoms with Crippen molar-refractivity contribution in [1.29, 1.82) is 0 Å². The van der Waals surface area contributed by atoms with Crippen molar-refractivity contribution >= 4 is 47.6 Å². The molecule has 1 aromatic carbocycles. The first-order valence-corrected chi connectivity index (χ1v) is 8.22. The van der Waals surface area contributed by atoms with Gasteiger partial charge < -0.3 is 0 Å². The van der Waals surface area contributed by atoms with E-state index in [0.717, 1.165) is 5.56 Å². The lowest BCUT2D eigenvalue weighted by atomic mass is 10.2. The van der Waals surface area contributed by atoms with E-state index in [1.165, 1.54) is 11.7 Å². The summed E-state index contributed by atoms with van der Waals surface area (Å²) in [5.74, 6) is 0. The number of nitrogens with zero attached hydrogens (tertiary/aromatic N) is 3. The first kappa shape index (κ1) is 14.5. The van der Waals surface area contributed by atoms with Crippen LogP contribution in [0.1, 0.15) is 5.56 Å². The van der Waals surface area contributed by atoms with Crippen molar-refractivity contribution < 1.29 is 8.42 Å². The summed E-state index contributed by atoms with van der Waals surface area (Å²) in [5, 5.41) is 7.28. The molecule has 0 fully saturated rings. The molecule has 0 saturated carbocycles. The summed E-state index contributed by atoms with van der Waals surface area (Å²) in [6, 6.07) is 5.34. The van der Waals surface area contributed by atoms with Crippen molar-refractivity contribution in [3.8, 4) is 0 Å². The van der Waals surface area contributed by atoms with Gasteiger partial charge in [0.05, 0.1) is 5.69 Å². The van der Waals surface area contributed by atoms with E-state index in [1.807, 2.05) is 19.1 Å². The number of halogens is 2. The molecule has 0 aliphatic heterocycles. The number of hydrogen-bond donors (Lipinski definition) is 1. The molecule has 19 heavy (non-hydrogen) atoms. The van der Waals surface area contributed by atoms with E-state index in [9.17, 15) is 8.42 Å². The highest BCUT2D eigenvalue weighted by molar-refractivity contribution is 9.10. The van der Waals surface area contributed by atoms with E-state index >= 15 is 0 Å². The van der Waals surface area contributed by atoms with Crippen LogP contribution in [0.2, 0.25) is 0 Å². The van der Waals surface area contributed by atoms with Crippen molar-refractivity contribution in [1.82, 2.24) is 15.0 Å². The van der Waals surface area contributed by atoms with Gasteiger partial charge in [-0.15, -0.1) is 5.10 Å². The Kier molecular flexibility index (Phi) is 3.98. The van der Waals surface area contributed by atoms with Gasteiger partial charge in [0.1, 0.15) is 0 Å². The molecule has 0 bridgehead atoms. The average molecular weight is 410 g/mol. The fraction of sp³-hybridized carbons (Fsp3) is 0.200. The molecule has 102 valence electrons. The monoisotopic (exact) mass is 408 g/mol. The third-order valence-corrected chi connectivity index (χ3v) is 5.27. The smallest absolute Gasteiger partial charge is 0.277 e. The summed E-state index contributed by atoms with van der Waals surface area (Å²) < 4.78 is 29.1. The second-order valence-corrected chi connectivity index (χ2v) is 7.10. The van der Waals surface area contributed by atoms with Crippen molar-refractivity contribution in [2.24, 2.45) is 7.05 Å². The van der Waals surface area contributed by atoms with E-state index in [1.54, 1.807) is 6.07 Å². The fourth-order valence-electron chi connectivity index (χ4n) is 1.50. The predicted octanol–water partition coefficient (Wildman–Crippen LogP) is 2.45. The zero-order valence-corrected chi connectivity index (χ0v) is 14.0. The standard InChI is InChI=1S/C10H10Br2N4O2S/c1-6-3-4-8(7(11)5-6)14-19(17,18)10-9(12)13-15-16(10)2/h3-5,14H,1-2H3. The van der Waals surface area contributed by atoms with E-state index in [2.05, 4.69) is 46.9 Å². The molecule has 1 aromatic heterocycles. The largest absolute Gasteiger partial charge is 0.281 e. The van der Waals surface area contributed by atoms with Gasteiger partial charge in [0.25, 0.3) is 10.0 Å². The molecule has 0 unspecified atom stereocenters. The number of hydrogen-bond acceptors (Lipinski definition) is 4. The molecule has 1 heterocycles. The Bertz CT molecular complexity index is 708. The van der Waals surface area contributed by atoms with Crippen LogP contribution >= 0.6 is 31.9 Å². The molecule has 0 saturated heterocycles. The van der Waals surface area contributed by atoms with Crippen LogP contribution in [0.4, 0.5) is 5.69 Å². The minimum Gasteiger partial charge on any atom is -0.277 e. The third-order valence-electron chi connectivity index (χ3n) is 2.36. The quantitative estimate of drug-likeness (QED) is 0.844. The third kappa shape index (κ3) is 2.98. The first-order valence-electron chi connectivity index (χ1n) is 5.15. The molecule has 0 aliphatic rings. The number of sulfonamides is 1. The zero-order chi connectivity index (χ0) is 14.2. The van der Waals surface area contributed by atoms with Gasteiger partial charge in [-0.2, -0.15) is 8.42 Å². The van der Waals surface area contributed by atoms with Gasteiger partial charge in [0.2, 0.25) is 5.03 Å². The lowest BCUT2D eigenvalue weighted by molar-refractivity contribution is 0.578. The van der Waals surface area contributed by atoms with Crippen molar-refractivity contribution in [3.63, 3.8) is 0 Å². The Morgan fingerprint density at radius 1 is 1.32 bits per heavy atom. The summed E-state index contributed by atoms with van der Waals surface area (Å²) >= 11 is 6.39. The lowest BCUT2D eigenvalue weighted by Crippen LogP contribution is -2.17. The summed E-state index contributed by atoms with van der Waals surface area (Å²) in [6.07, 6.45) is 0. The van der Waals surface area contributed by atoms with E-state index in [4.69, 9.17) is 0 Å². The molecule has 9 heteroatoms. The average Bonchev–Trinajstić information content (AvgIpc) is 2.63. The lowest BCUT2D eigenvalue weighted by Gasteiger charge is -2.10. The number of aromatic nitrogens is 3. The van der Waals surface area contributed by atoms with Crippen LogP contribution in [-0.2, 0) is 17.1 Å². The molecule has 0 spiro atoms. The Labute approximate surface area is 127 Å². The number of nitrogens with one attached hydrogen (secondary N) is 1. The highest BCUT2D eigenvalue weighted by atomic mass is 79.9. The number of anilines is 1. The van der Waals surface area contributed by atoms with Gasteiger partial charge in [0.15, 0.2) is 4.60 Å². The maximum absolute atomic E-state index is 12.3. The van der Waals surface area contributed by atoms with E-state index < -0.39 is 10.0 Å². The highest BCUT2D eigenvalue weighted by Crippen LogP contribution is 2.27. The van der Waals surface area contributed by atoms with Gasteiger partial charge in [-0.25, -0.2) is 4.68 Å². The van der Waals surface area contributed by atoms with Crippen LogP contribution in [0.15, 0.2) is 32.3 Å². The Hall–Kier alpha value is -0.930. The Balaban J connectivity index is 2.42. The maximum Gasteiger partial charge on any atom is 0.281 e. The molecule has 2 aromatic rings. The summed E-state index contributed by atoms with van der Waals surface area (Å²) in [5.41, 5.74) is 1.48. The molecule has 0 amide bonds. The number of aryl methyl sites for hydroxylation is 2. The van der Waals surface area contributed by atoms with Crippen LogP contribution < -0.4 is 4.72 Å². The normalized spacial score (nSPS) is 11.6. The molecule has 0 atom stereocenters. The van der Waals surface area contributed by atoms with Gasteiger partial charge in [-0.05, 0) is 56.5 Å². The van der Waals surface area contributed by atoms with Crippen LogP contribution in [0.25, 0.3) is 0 Å². The molecular formula is C10H10Br2N4O2S. The summed E-state index contributed by atoms with van der Waals surface area (Å²) in [4.78, 5) is 0. The predicted molar refractivity (Wildman–Crippen MR) is 78.4 cm³/mol. The van der Waals surface area contributed by atoms with Crippen LogP contribution in [-0.4, -0.2) is 23.4 Å². The van der Waals surface area contributed by atoms with Crippen molar-refractivity contribution in [3.05, 3.63) is 32.8 Å². The van der Waals surface area contributed by atoms with E-state index in [0.29, 0.717) is 10.2 Å². The first-order chi connectivity index (χ1) is 8.81. The second kappa shape index (κ2) is 5.22. The molecule has 1 N–H and O–H groups in total. The Morgan fingerprint density at radius 3 is 2.53 bits per heavy atom.